The molecule has 1 aromatic carbocycles. The molecule has 3 aliphatic heterocycles. The molecular weight excluding hydrogens is 390 g/mol. The normalized spacial score (nSPS) is 29.3. The van der Waals surface area contributed by atoms with Crippen molar-refractivity contribution in [2.75, 3.05) is 32.8 Å². The van der Waals surface area contributed by atoms with E-state index in [1.165, 1.54) is 24.3 Å². The molecule has 0 aliphatic carbocycles. The minimum Gasteiger partial charge on any atom is -0.435 e. The first-order valence-electron chi connectivity index (χ1n) is 9.82. The molecule has 6 nitrogen and oxygen atoms in total. The van der Waals surface area contributed by atoms with Crippen LogP contribution >= 0.6 is 0 Å². The molecule has 0 radical (unpaired) electrons. The predicted molar refractivity (Wildman–Crippen MR) is 98.9 cm³/mol. The smallest absolute Gasteiger partial charge is 0.387 e. The van der Waals surface area contributed by atoms with Crippen LogP contribution in [0.1, 0.15) is 25.7 Å². The zero-order valence-electron chi connectivity index (χ0n) is 15.7. The number of alkyl halides is 2. The molecule has 4 rings (SSSR count). The third-order valence-electron chi connectivity index (χ3n) is 6.01. The third-order valence-corrected chi connectivity index (χ3v) is 8.03. The lowest BCUT2D eigenvalue weighted by Crippen LogP contribution is -2.49. The second-order valence-electron chi connectivity index (χ2n) is 7.82. The van der Waals surface area contributed by atoms with E-state index in [2.05, 4.69) is 9.64 Å². The van der Waals surface area contributed by atoms with E-state index in [0.717, 1.165) is 58.5 Å². The summed E-state index contributed by atoms with van der Waals surface area (Å²) in [4.78, 5) is 2.55. The fourth-order valence-corrected chi connectivity index (χ4v) is 6.74. The van der Waals surface area contributed by atoms with E-state index < -0.39 is 16.6 Å². The Hall–Kier alpha value is -1.29. The fraction of sp³-hybridized carbons (Fsp3) is 0.684. The molecule has 3 atom stereocenters. The molecule has 0 saturated carbocycles. The van der Waals surface area contributed by atoms with E-state index in [0.29, 0.717) is 5.92 Å². The Labute approximate surface area is 164 Å². The second-order valence-corrected chi connectivity index (χ2v) is 9.66. The number of piperidine rings is 1. The van der Waals surface area contributed by atoms with Crippen LogP contribution in [0.15, 0.2) is 29.2 Å². The van der Waals surface area contributed by atoms with Crippen molar-refractivity contribution in [1.29, 1.82) is 0 Å². The van der Waals surface area contributed by atoms with Crippen LogP contribution in [0.25, 0.3) is 0 Å². The Morgan fingerprint density at radius 3 is 2.25 bits per heavy atom. The number of halogens is 2. The summed E-state index contributed by atoms with van der Waals surface area (Å²) in [5.74, 6) is 0.463. The van der Waals surface area contributed by atoms with Gasteiger partial charge in [-0.25, -0.2) is 8.42 Å². The molecule has 9 heteroatoms. The van der Waals surface area contributed by atoms with Gasteiger partial charge < -0.3 is 9.47 Å². The molecule has 3 heterocycles. The lowest BCUT2D eigenvalue weighted by atomic mass is 9.92. The van der Waals surface area contributed by atoms with Crippen molar-refractivity contribution in [1.82, 2.24) is 9.21 Å². The van der Waals surface area contributed by atoms with Crippen molar-refractivity contribution < 1.29 is 26.7 Å². The van der Waals surface area contributed by atoms with Gasteiger partial charge in [-0.3, -0.25) is 4.90 Å². The van der Waals surface area contributed by atoms with Crippen LogP contribution < -0.4 is 4.74 Å². The van der Waals surface area contributed by atoms with Gasteiger partial charge in [0.2, 0.25) is 10.0 Å². The van der Waals surface area contributed by atoms with Gasteiger partial charge in [0.1, 0.15) is 5.75 Å². The quantitative estimate of drug-likeness (QED) is 0.713. The number of rotatable bonds is 6. The third kappa shape index (κ3) is 4.17. The highest BCUT2D eigenvalue weighted by molar-refractivity contribution is 7.89. The maximum Gasteiger partial charge on any atom is 0.387 e. The van der Waals surface area contributed by atoms with Gasteiger partial charge >= 0.3 is 6.61 Å². The molecule has 0 aromatic heterocycles. The first kappa shape index (κ1) is 20.0. The monoisotopic (exact) mass is 416 g/mol. The number of hydrogen-bond donors (Lipinski definition) is 0. The van der Waals surface area contributed by atoms with Crippen LogP contribution in [0.5, 0.6) is 5.75 Å². The van der Waals surface area contributed by atoms with Gasteiger partial charge in [-0.2, -0.15) is 13.1 Å². The molecule has 0 spiro atoms. The fourth-order valence-electron chi connectivity index (χ4n) is 4.85. The van der Waals surface area contributed by atoms with Crippen molar-refractivity contribution in [3.63, 3.8) is 0 Å². The summed E-state index contributed by atoms with van der Waals surface area (Å²) >= 11 is 0. The summed E-state index contributed by atoms with van der Waals surface area (Å²) in [6.07, 6.45) is 3.52. The number of sulfonamides is 1. The molecule has 2 bridgehead atoms. The van der Waals surface area contributed by atoms with Crippen molar-refractivity contribution in [2.45, 2.75) is 49.3 Å². The first-order valence-corrected chi connectivity index (χ1v) is 11.3. The highest BCUT2D eigenvalue weighted by Gasteiger charge is 2.47. The minimum absolute atomic E-state index is 0.0202. The summed E-state index contributed by atoms with van der Waals surface area (Å²) in [5.41, 5.74) is 0. The SMILES string of the molecule is O=S(=O)(c1ccc(OC(F)F)cc1)N1[C@@H]2CC[C@H]1C[C@H](CN1CCOCC1)C2. The number of benzene rings is 1. The van der Waals surface area contributed by atoms with Gasteiger partial charge in [0.15, 0.2) is 0 Å². The number of ether oxygens (including phenoxy) is 2. The van der Waals surface area contributed by atoms with Crippen LogP contribution in [0, 0.1) is 5.92 Å². The minimum atomic E-state index is -3.64. The van der Waals surface area contributed by atoms with Gasteiger partial charge in [-0.15, -0.1) is 0 Å². The van der Waals surface area contributed by atoms with Crippen LogP contribution in [0.4, 0.5) is 8.78 Å². The van der Waals surface area contributed by atoms with Gasteiger partial charge in [-0.05, 0) is 55.9 Å². The predicted octanol–water partition coefficient (Wildman–Crippen LogP) is 2.55. The van der Waals surface area contributed by atoms with Crippen molar-refractivity contribution >= 4 is 10.0 Å². The Morgan fingerprint density at radius 1 is 1.07 bits per heavy atom. The van der Waals surface area contributed by atoms with E-state index in [4.69, 9.17) is 4.74 Å². The van der Waals surface area contributed by atoms with Crippen LogP contribution in [0.2, 0.25) is 0 Å². The van der Waals surface area contributed by atoms with Crippen LogP contribution in [-0.2, 0) is 14.8 Å². The lowest BCUT2D eigenvalue weighted by Gasteiger charge is -2.40. The molecule has 3 saturated heterocycles. The summed E-state index contributed by atoms with van der Waals surface area (Å²) < 4.78 is 62.4. The molecule has 156 valence electrons. The summed E-state index contributed by atoms with van der Waals surface area (Å²) in [5, 5.41) is 0. The first-order chi connectivity index (χ1) is 13.4. The summed E-state index contributed by atoms with van der Waals surface area (Å²) in [7, 11) is -3.64. The second kappa shape index (κ2) is 8.22. The zero-order chi connectivity index (χ0) is 19.7. The van der Waals surface area contributed by atoms with E-state index in [-0.39, 0.29) is 22.7 Å². The van der Waals surface area contributed by atoms with Crippen molar-refractivity contribution in [2.24, 2.45) is 5.92 Å². The Bertz CT molecular complexity index is 755. The van der Waals surface area contributed by atoms with Gasteiger partial charge in [0.25, 0.3) is 0 Å². The molecule has 3 fully saturated rings. The van der Waals surface area contributed by atoms with Gasteiger partial charge in [-0.1, -0.05) is 0 Å². The highest BCUT2D eigenvalue weighted by atomic mass is 32.2. The largest absolute Gasteiger partial charge is 0.435 e. The number of fused-ring (bicyclic) bond motifs is 2. The molecule has 0 N–H and O–H groups in total. The van der Waals surface area contributed by atoms with Crippen LogP contribution in [-0.4, -0.2) is 69.2 Å². The van der Waals surface area contributed by atoms with Gasteiger partial charge in [0, 0.05) is 31.7 Å². The standard InChI is InChI=1S/C19H26F2N2O4S/c20-19(21)27-17-3-5-18(6-4-17)28(24,25)23-15-1-2-16(23)12-14(11-15)13-22-7-9-26-10-8-22/h3-6,14-16,19H,1-2,7-13H2/t14-,15-,16+. The van der Waals surface area contributed by atoms with Crippen LogP contribution in [0.3, 0.4) is 0 Å². The average Bonchev–Trinajstić information content (AvgIpc) is 2.95. The highest BCUT2D eigenvalue weighted by Crippen LogP contribution is 2.42. The Kier molecular flexibility index (Phi) is 5.87. The summed E-state index contributed by atoms with van der Waals surface area (Å²) in [6.45, 7) is 1.51. The summed E-state index contributed by atoms with van der Waals surface area (Å²) in [6, 6.07) is 5.32. The van der Waals surface area contributed by atoms with E-state index >= 15 is 0 Å². The molecule has 0 amide bonds. The topological polar surface area (TPSA) is 59.1 Å². The van der Waals surface area contributed by atoms with E-state index in [1.807, 2.05) is 0 Å². The molecule has 1 aromatic rings. The van der Waals surface area contributed by atoms with E-state index in [1.54, 1.807) is 4.31 Å². The molecule has 3 aliphatic rings. The maximum absolute atomic E-state index is 13.2. The van der Waals surface area contributed by atoms with Crippen molar-refractivity contribution in [3.05, 3.63) is 24.3 Å². The number of hydrogen-bond acceptors (Lipinski definition) is 5. The van der Waals surface area contributed by atoms with Gasteiger partial charge in [0.05, 0.1) is 18.1 Å². The average molecular weight is 416 g/mol. The molecular formula is C19H26F2N2O4S. The Balaban J connectivity index is 1.44. The molecule has 28 heavy (non-hydrogen) atoms. The van der Waals surface area contributed by atoms with Crippen molar-refractivity contribution in [3.8, 4) is 5.75 Å². The zero-order valence-corrected chi connectivity index (χ0v) is 16.5. The Morgan fingerprint density at radius 2 is 1.68 bits per heavy atom. The maximum atomic E-state index is 13.2. The molecule has 0 unspecified atom stereocenters. The number of morpholine rings is 1. The number of nitrogens with zero attached hydrogens (tertiary/aromatic N) is 2. The van der Waals surface area contributed by atoms with E-state index in [9.17, 15) is 17.2 Å². The lowest BCUT2D eigenvalue weighted by molar-refractivity contribution is -0.0498.